The minimum absolute atomic E-state index is 0.137. The molecule has 4 nitrogen and oxygen atoms in total. The van der Waals surface area contributed by atoms with E-state index in [1.165, 1.54) is 6.42 Å². The minimum atomic E-state index is -0.281. The van der Waals surface area contributed by atoms with Crippen LogP contribution in [0, 0.1) is 11.3 Å². The van der Waals surface area contributed by atoms with E-state index >= 15 is 0 Å². The van der Waals surface area contributed by atoms with E-state index in [0.717, 1.165) is 37.6 Å². The number of aliphatic hydroxyl groups excluding tert-OH is 1. The molecule has 2 fully saturated rings. The summed E-state index contributed by atoms with van der Waals surface area (Å²) >= 11 is 7.84. The van der Waals surface area contributed by atoms with Gasteiger partial charge in [-0.3, -0.25) is 0 Å². The van der Waals surface area contributed by atoms with Crippen LogP contribution in [0.5, 0.6) is 5.75 Å². The summed E-state index contributed by atoms with van der Waals surface area (Å²) in [7, 11) is 0. The van der Waals surface area contributed by atoms with Crippen LogP contribution in [0.1, 0.15) is 33.6 Å². The number of halogens is 1. The first-order chi connectivity index (χ1) is 12.8. The number of hydrogen-bond acceptors (Lipinski definition) is 5. The molecule has 0 aliphatic carbocycles. The summed E-state index contributed by atoms with van der Waals surface area (Å²) in [5, 5.41) is 10.2. The van der Waals surface area contributed by atoms with Crippen molar-refractivity contribution in [2.24, 2.45) is 11.3 Å². The van der Waals surface area contributed by atoms with E-state index < -0.39 is 0 Å². The van der Waals surface area contributed by atoms with Gasteiger partial charge in [0.1, 0.15) is 10.7 Å². The Hall–Kier alpha value is -0.460. The van der Waals surface area contributed by atoms with Gasteiger partial charge in [-0.05, 0) is 56.5 Å². The lowest BCUT2D eigenvalue weighted by molar-refractivity contribution is -0.0873. The maximum absolute atomic E-state index is 9.44. The van der Waals surface area contributed by atoms with Crippen molar-refractivity contribution in [2.45, 2.75) is 44.6 Å². The van der Waals surface area contributed by atoms with Crippen molar-refractivity contribution in [2.75, 3.05) is 38.6 Å². The Morgan fingerprint density at radius 3 is 2.81 bits per heavy atom. The van der Waals surface area contributed by atoms with Gasteiger partial charge in [-0.1, -0.05) is 25.4 Å². The summed E-state index contributed by atoms with van der Waals surface area (Å²) in [5.74, 6) is 2.25. The van der Waals surface area contributed by atoms with Crippen LogP contribution in [0.4, 0.5) is 0 Å². The number of nitrogens with zero attached hydrogens (tertiary/aromatic N) is 1. The molecule has 2 heterocycles. The average Bonchev–Trinajstić information content (AvgIpc) is 3.04. The smallest absolute Gasteiger partial charge is 0.119 e. The fourth-order valence-corrected chi connectivity index (χ4v) is 5.22. The van der Waals surface area contributed by atoms with Gasteiger partial charge in [-0.15, -0.1) is 11.8 Å². The first-order valence-corrected chi connectivity index (χ1v) is 11.2. The van der Waals surface area contributed by atoms with E-state index in [0.29, 0.717) is 24.2 Å². The van der Waals surface area contributed by atoms with Crippen molar-refractivity contribution in [3.63, 3.8) is 0 Å². The van der Waals surface area contributed by atoms with Gasteiger partial charge in [0.05, 0.1) is 12.7 Å². The normalized spacial score (nSPS) is 29.8. The molecular formula is C21H32ClNO3S. The molecule has 1 N–H and O–H groups in total. The van der Waals surface area contributed by atoms with Crippen molar-refractivity contribution in [1.29, 1.82) is 0 Å². The number of aliphatic hydroxyl groups is 1. The van der Waals surface area contributed by atoms with Gasteiger partial charge in [0.2, 0.25) is 0 Å². The molecule has 3 unspecified atom stereocenters. The molecule has 3 atom stereocenters. The maximum atomic E-state index is 9.44. The highest BCUT2D eigenvalue weighted by Crippen LogP contribution is 2.49. The molecule has 0 bridgehead atoms. The second-order valence-electron chi connectivity index (χ2n) is 8.57. The molecule has 1 aromatic rings. The number of benzene rings is 1. The van der Waals surface area contributed by atoms with Crippen LogP contribution in [0.2, 0.25) is 5.02 Å². The highest BCUT2D eigenvalue weighted by Gasteiger charge is 2.49. The van der Waals surface area contributed by atoms with E-state index in [1.54, 1.807) is 0 Å². The van der Waals surface area contributed by atoms with Crippen molar-refractivity contribution >= 4 is 23.4 Å². The van der Waals surface area contributed by atoms with Crippen molar-refractivity contribution in [3.05, 3.63) is 29.3 Å². The van der Waals surface area contributed by atoms with Crippen LogP contribution in [-0.4, -0.2) is 59.6 Å². The van der Waals surface area contributed by atoms with Gasteiger partial charge in [0.25, 0.3) is 0 Å². The average molecular weight is 414 g/mol. The van der Waals surface area contributed by atoms with Gasteiger partial charge in [0.15, 0.2) is 0 Å². The highest BCUT2D eigenvalue weighted by molar-refractivity contribution is 8.00. The van der Waals surface area contributed by atoms with Crippen LogP contribution >= 0.6 is 23.4 Å². The standard InChI is InChI=1S/C21H32ClNO3S/c1-20(2,15-25-18-8-6-17(22)7-9-18)21(3)26-19(14-27-21)12-23-10-4-5-16(11-23)13-24/h6-9,16,19,24H,4-5,10-15H2,1-3H3. The number of piperidine rings is 1. The zero-order valence-electron chi connectivity index (χ0n) is 16.6. The van der Waals surface area contributed by atoms with E-state index in [1.807, 2.05) is 36.0 Å². The third-order valence-electron chi connectivity index (χ3n) is 5.90. The Morgan fingerprint density at radius 2 is 2.11 bits per heavy atom. The molecule has 27 heavy (non-hydrogen) atoms. The lowest BCUT2D eigenvalue weighted by Gasteiger charge is -2.40. The van der Waals surface area contributed by atoms with Crippen LogP contribution < -0.4 is 4.74 Å². The van der Waals surface area contributed by atoms with Crippen LogP contribution in [0.25, 0.3) is 0 Å². The molecule has 0 amide bonds. The van der Waals surface area contributed by atoms with Gasteiger partial charge >= 0.3 is 0 Å². The second kappa shape index (κ2) is 8.91. The fourth-order valence-electron chi connectivity index (χ4n) is 3.76. The summed E-state index contributed by atoms with van der Waals surface area (Å²) in [4.78, 5) is 2.18. The predicted octanol–water partition coefficient (Wildman–Crippen LogP) is 4.30. The lowest BCUT2D eigenvalue weighted by atomic mass is 9.87. The number of likely N-dealkylation sites (tertiary alicyclic amines) is 1. The molecule has 0 radical (unpaired) electrons. The Labute approximate surface area is 172 Å². The summed E-state index contributed by atoms with van der Waals surface area (Å²) in [5.41, 5.74) is -0.137. The SMILES string of the molecule is CC(C)(COc1ccc(Cl)cc1)C1(C)OC(CN2CCCC(CO)C2)CS1. The molecule has 0 saturated carbocycles. The third-order valence-corrected chi connectivity index (χ3v) is 7.89. The van der Waals surface area contributed by atoms with Crippen molar-refractivity contribution in [1.82, 2.24) is 4.90 Å². The number of ether oxygens (including phenoxy) is 2. The quantitative estimate of drug-likeness (QED) is 0.721. The monoisotopic (exact) mass is 413 g/mol. The van der Waals surface area contributed by atoms with Gasteiger partial charge in [0, 0.05) is 35.9 Å². The predicted molar refractivity (Wildman–Crippen MR) is 113 cm³/mol. The van der Waals surface area contributed by atoms with Crippen molar-refractivity contribution in [3.8, 4) is 5.75 Å². The Morgan fingerprint density at radius 1 is 1.37 bits per heavy atom. The highest BCUT2D eigenvalue weighted by atomic mass is 35.5. The van der Waals surface area contributed by atoms with Crippen LogP contribution in [0.3, 0.4) is 0 Å². The first kappa shape index (κ1) is 21.3. The summed E-state index contributed by atoms with van der Waals surface area (Å²) in [6.07, 6.45) is 2.54. The summed E-state index contributed by atoms with van der Waals surface area (Å²) in [6, 6.07) is 7.50. The third kappa shape index (κ3) is 5.33. The Kier molecular flexibility index (Phi) is 7.02. The minimum Gasteiger partial charge on any atom is -0.493 e. The van der Waals surface area contributed by atoms with E-state index in [4.69, 9.17) is 21.1 Å². The largest absolute Gasteiger partial charge is 0.493 e. The number of thioether (sulfide) groups is 1. The molecule has 2 aliphatic rings. The number of hydrogen-bond donors (Lipinski definition) is 1. The molecule has 0 spiro atoms. The van der Waals surface area contributed by atoms with Crippen LogP contribution in [-0.2, 0) is 4.74 Å². The second-order valence-corrected chi connectivity index (χ2v) is 10.4. The molecule has 0 aromatic heterocycles. The summed E-state index contributed by atoms with van der Waals surface area (Å²) in [6.45, 7) is 10.5. The summed E-state index contributed by atoms with van der Waals surface area (Å²) < 4.78 is 12.6. The van der Waals surface area contributed by atoms with Crippen molar-refractivity contribution < 1.29 is 14.6 Å². The van der Waals surface area contributed by atoms with Gasteiger partial charge in [-0.2, -0.15) is 0 Å². The Balaban J connectivity index is 1.53. The fraction of sp³-hybridized carbons (Fsp3) is 0.714. The topological polar surface area (TPSA) is 41.9 Å². The Bertz CT molecular complexity index is 612. The molecule has 1 aromatic carbocycles. The molecule has 6 heteroatoms. The zero-order chi connectivity index (χ0) is 19.5. The van der Waals surface area contributed by atoms with E-state index in [9.17, 15) is 5.11 Å². The van der Waals surface area contributed by atoms with E-state index in [-0.39, 0.29) is 16.5 Å². The molecule has 2 saturated heterocycles. The zero-order valence-corrected chi connectivity index (χ0v) is 18.2. The molecular weight excluding hydrogens is 382 g/mol. The lowest BCUT2D eigenvalue weighted by Crippen LogP contribution is -2.46. The molecule has 152 valence electrons. The first-order valence-electron chi connectivity index (χ1n) is 9.85. The maximum Gasteiger partial charge on any atom is 0.119 e. The van der Waals surface area contributed by atoms with Crippen LogP contribution in [0.15, 0.2) is 24.3 Å². The molecule has 3 rings (SSSR count). The number of rotatable bonds is 7. The van der Waals surface area contributed by atoms with Gasteiger partial charge < -0.3 is 19.5 Å². The molecule has 2 aliphatic heterocycles. The van der Waals surface area contributed by atoms with Gasteiger partial charge in [-0.25, -0.2) is 0 Å². The van der Waals surface area contributed by atoms with E-state index in [2.05, 4.69) is 25.7 Å².